The van der Waals surface area contributed by atoms with Crippen molar-refractivity contribution in [2.45, 2.75) is 24.9 Å². The first kappa shape index (κ1) is 14.2. The molecule has 19 heavy (non-hydrogen) atoms. The van der Waals surface area contributed by atoms with Crippen molar-refractivity contribution in [1.82, 2.24) is 9.88 Å². The number of piperidine rings is 1. The van der Waals surface area contributed by atoms with Crippen molar-refractivity contribution in [3.63, 3.8) is 0 Å². The molecule has 2 heterocycles. The van der Waals surface area contributed by atoms with Crippen LogP contribution in [0.2, 0.25) is 0 Å². The van der Waals surface area contributed by atoms with Gasteiger partial charge in [-0.2, -0.15) is 0 Å². The first-order chi connectivity index (χ1) is 8.99. The summed E-state index contributed by atoms with van der Waals surface area (Å²) in [4.78, 5) is 19.7. The molecule has 0 aromatic carbocycles. The molecule has 1 fully saturated rings. The number of rotatable bonds is 4. The Kier molecular flexibility index (Phi) is 4.38. The Labute approximate surface area is 116 Å². The van der Waals surface area contributed by atoms with Crippen LogP contribution in [0.15, 0.2) is 5.38 Å². The number of carboxylic acid groups (broad SMARTS) is 1. The van der Waals surface area contributed by atoms with E-state index in [1.54, 1.807) is 5.38 Å². The third-order valence-electron chi connectivity index (χ3n) is 3.49. The zero-order chi connectivity index (χ0) is 14.0. The number of thiazole rings is 1. The Morgan fingerprint density at radius 2 is 2.42 bits per heavy atom. The minimum atomic E-state index is -1.04. The van der Waals surface area contributed by atoms with Gasteiger partial charge in [-0.25, -0.2) is 4.98 Å². The molecule has 2 unspecified atom stereocenters. The van der Waals surface area contributed by atoms with Crippen molar-refractivity contribution in [3.05, 3.63) is 11.1 Å². The van der Waals surface area contributed by atoms with E-state index in [2.05, 4.69) is 28.9 Å². The van der Waals surface area contributed by atoms with Crippen molar-refractivity contribution < 1.29 is 9.90 Å². The van der Waals surface area contributed by atoms with Crippen molar-refractivity contribution in [3.8, 4) is 0 Å². The predicted molar refractivity (Wildman–Crippen MR) is 75.6 cm³/mol. The number of nitrogens with two attached hydrogens (primary N) is 1. The second-order valence-electron chi connectivity index (χ2n) is 5.08. The molecule has 106 valence electrons. The molecule has 1 aromatic rings. The zero-order valence-corrected chi connectivity index (χ0v) is 12.1. The highest BCUT2D eigenvalue weighted by Gasteiger charge is 2.25. The van der Waals surface area contributed by atoms with Gasteiger partial charge in [0.2, 0.25) is 0 Å². The first-order valence-electron chi connectivity index (χ1n) is 6.34. The van der Waals surface area contributed by atoms with Crippen molar-refractivity contribution >= 4 is 22.4 Å². The Morgan fingerprint density at radius 3 is 3.05 bits per heavy atom. The van der Waals surface area contributed by atoms with Gasteiger partial charge in [-0.15, -0.1) is 11.3 Å². The average Bonchev–Trinajstić information content (AvgIpc) is 2.87. The fraction of sp³-hybridized carbons (Fsp3) is 0.667. The summed E-state index contributed by atoms with van der Waals surface area (Å²) in [6.45, 7) is 1.90. The minimum absolute atomic E-state index is 0.444. The van der Waals surface area contributed by atoms with E-state index in [1.165, 1.54) is 17.8 Å². The van der Waals surface area contributed by atoms with Crippen LogP contribution < -0.4 is 10.6 Å². The SMILES string of the molecule is CN(C)C1CCCN(c2nc(C(N)C(=O)O)cs2)C1. The van der Waals surface area contributed by atoms with Gasteiger partial charge in [0.1, 0.15) is 6.04 Å². The summed E-state index contributed by atoms with van der Waals surface area (Å²) in [5.41, 5.74) is 6.02. The molecule has 1 aliphatic rings. The molecule has 0 amide bonds. The fourth-order valence-electron chi connectivity index (χ4n) is 2.24. The largest absolute Gasteiger partial charge is 0.480 e. The molecule has 0 spiro atoms. The molecule has 1 aliphatic heterocycles. The Balaban J connectivity index is 2.08. The van der Waals surface area contributed by atoms with Crippen molar-refractivity contribution in [2.75, 3.05) is 32.1 Å². The quantitative estimate of drug-likeness (QED) is 0.849. The molecule has 2 rings (SSSR count). The molecule has 1 aromatic heterocycles. The molecular weight excluding hydrogens is 264 g/mol. The van der Waals surface area contributed by atoms with Gasteiger partial charge in [0.15, 0.2) is 5.13 Å². The van der Waals surface area contributed by atoms with Gasteiger partial charge in [-0.3, -0.25) is 4.79 Å². The topological polar surface area (TPSA) is 82.7 Å². The van der Waals surface area contributed by atoms with E-state index in [0.29, 0.717) is 11.7 Å². The predicted octanol–water partition coefficient (Wildman–Crippen LogP) is 0.758. The number of carboxylic acids is 1. The highest BCUT2D eigenvalue weighted by atomic mass is 32.1. The maximum Gasteiger partial charge on any atom is 0.326 e. The van der Waals surface area contributed by atoms with E-state index >= 15 is 0 Å². The minimum Gasteiger partial charge on any atom is -0.480 e. The van der Waals surface area contributed by atoms with Gasteiger partial charge in [0.25, 0.3) is 0 Å². The van der Waals surface area contributed by atoms with E-state index in [4.69, 9.17) is 10.8 Å². The number of aromatic nitrogens is 1. The average molecular weight is 284 g/mol. The number of carbonyl (C=O) groups is 1. The Morgan fingerprint density at radius 1 is 1.68 bits per heavy atom. The summed E-state index contributed by atoms with van der Waals surface area (Å²) >= 11 is 1.47. The van der Waals surface area contributed by atoms with Gasteiger partial charge >= 0.3 is 5.97 Å². The van der Waals surface area contributed by atoms with Crippen molar-refractivity contribution in [2.24, 2.45) is 5.73 Å². The fourth-order valence-corrected chi connectivity index (χ4v) is 3.14. The highest BCUT2D eigenvalue weighted by Crippen LogP contribution is 2.27. The van der Waals surface area contributed by atoms with Crippen LogP contribution in [0.1, 0.15) is 24.6 Å². The van der Waals surface area contributed by atoms with Gasteiger partial charge in [0.05, 0.1) is 5.69 Å². The molecule has 0 bridgehead atoms. The summed E-state index contributed by atoms with van der Waals surface area (Å²) in [5, 5.41) is 11.5. The Hall–Kier alpha value is -1.18. The lowest BCUT2D eigenvalue weighted by molar-refractivity contribution is -0.138. The van der Waals surface area contributed by atoms with Crippen LogP contribution >= 0.6 is 11.3 Å². The monoisotopic (exact) mass is 284 g/mol. The number of anilines is 1. The van der Waals surface area contributed by atoms with E-state index in [0.717, 1.165) is 24.6 Å². The van der Waals surface area contributed by atoms with Crippen LogP contribution in [0.4, 0.5) is 5.13 Å². The molecule has 6 nitrogen and oxygen atoms in total. The number of aliphatic carboxylic acids is 1. The van der Waals surface area contributed by atoms with Gasteiger partial charge in [-0.05, 0) is 26.9 Å². The first-order valence-corrected chi connectivity index (χ1v) is 7.22. The van der Waals surface area contributed by atoms with Crippen LogP contribution in [0.5, 0.6) is 0 Å². The molecule has 3 N–H and O–H groups in total. The maximum absolute atomic E-state index is 10.8. The molecule has 0 radical (unpaired) electrons. The van der Waals surface area contributed by atoms with Crippen LogP contribution in [0.3, 0.4) is 0 Å². The molecule has 2 atom stereocenters. The van der Waals surface area contributed by atoms with E-state index in [9.17, 15) is 4.79 Å². The van der Waals surface area contributed by atoms with Gasteiger partial charge in [0, 0.05) is 24.5 Å². The number of hydrogen-bond donors (Lipinski definition) is 2. The number of likely N-dealkylation sites (N-methyl/N-ethyl adjacent to an activating group) is 1. The van der Waals surface area contributed by atoms with Crippen molar-refractivity contribution in [1.29, 1.82) is 0 Å². The lowest BCUT2D eigenvalue weighted by Crippen LogP contribution is -2.45. The summed E-state index contributed by atoms with van der Waals surface area (Å²) < 4.78 is 0. The van der Waals surface area contributed by atoms with Crippen LogP contribution in [-0.2, 0) is 4.79 Å². The second kappa shape index (κ2) is 5.85. The van der Waals surface area contributed by atoms with Gasteiger partial charge < -0.3 is 20.6 Å². The number of hydrogen-bond acceptors (Lipinski definition) is 6. The third kappa shape index (κ3) is 3.23. The van der Waals surface area contributed by atoms with E-state index < -0.39 is 12.0 Å². The Bertz CT molecular complexity index is 449. The molecule has 0 saturated carbocycles. The van der Waals surface area contributed by atoms with Crippen LogP contribution in [0.25, 0.3) is 0 Å². The molecule has 7 heteroatoms. The molecular formula is C12H20N4O2S. The molecule has 1 saturated heterocycles. The maximum atomic E-state index is 10.8. The lowest BCUT2D eigenvalue weighted by Gasteiger charge is -2.35. The summed E-state index contributed by atoms with van der Waals surface area (Å²) in [6, 6.07) is -0.506. The van der Waals surface area contributed by atoms with Gasteiger partial charge in [-0.1, -0.05) is 0 Å². The lowest BCUT2D eigenvalue weighted by atomic mass is 10.1. The third-order valence-corrected chi connectivity index (χ3v) is 4.41. The summed E-state index contributed by atoms with van der Waals surface area (Å²) in [6.07, 6.45) is 2.32. The van der Waals surface area contributed by atoms with E-state index in [1.807, 2.05) is 0 Å². The molecule has 0 aliphatic carbocycles. The van der Waals surface area contributed by atoms with Crippen LogP contribution in [-0.4, -0.2) is 54.2 Å². The highest BCUT2D eigenvalue weighted by molar-refractivity contribution is 7.13. The summed E-state index contributed by atoms with van der Waals surface area (Å²) in [5.74, 6) is -1.04. The standard InChI is InChI=1S/C12H20N4O2S/c1-15(2)8-4-3-5-16(6-8)12-14-9(7-19-12)10(13)11(17)18/h7-8,10H,3-6,13H2,1-2H3,(H,17,18). The summed E-state index contributed by atoms with van der Waals surface area (Å²) in [7, 11) is 4.17. The van der Waals surface area contributed by atoms with Crippen LogP contribution in [0, 0.1) is 0 Å². The zero-order valence-electron chi connectivity index (χ0n) is 11.2. The number of nitrogens with zero attached hydrogens (tertiary/aromatic N) is 3. The normalized spacial score (nSPS) is 21.7. The smallest absolute Gasteiger partial charge is 0.326 e. The second-order valence-corrected chi connectivity index (χ2v) is 5.91. The van der Waals surface area contributed by atoms with E-state index in [-0.39, 0.29) is 0 Å².